The number of rotatable bonds is 2. The molecule has 0 heterocycles. The first kappa shape index (κ1) is 10.4. The van der Waals surface area contributed by atoms with Gasteiger partial charge in [0.25, 0.3) is 0 Å². The van der Waals surface area contributed by atoms with Crippen LogP contribution >= 0.6 is 0 Å². The Labute approximate surface area is 70.2 Å². The van der Waals surface area contributed by atoms with Crippen molar-refractivity contribution in [1.29, 1.82) is 0 Å². The molecule has 0 fully saturated rings. The first-order valence-corrected chi connectivity index (χ1v) is 4.00. The predicted molar refractivity (Wildman–Crippen MR) is 52.2 cm³/mol. The van der Waals surface area contributed by atoms with Gasteiger partial charge in [-0.3, -0.25) is 4.99 Å². The monoisotopic (exact) mass is 153 g/mol. The molecule has 0 aliphatic rings. The molecule has 0 unspecified atom stereocenters. The lowest BCUT2D eigenvalue weighted by Crippen LogP contribution is -2.11. The smallest absolute Gasteiger partial charge is 0.0601 e. The molecule has 0 aromatic heterocycles. The zero-order valence-electron chi connectivity index (χ0n) is 8.36. The van der Waals surface area contributed by atoms with Gasteiger partial charge in [0, 0.05) is 5.71 Å². The lowest BCUT2D eigenvalue weighted by Gasteiger charge is -2.20. The van der Waals surface area contributed by atoms with E-state index in [4.69, 9.17) is 0 Å². The summed E-state index contributed by atoms with van der Waals surface area (Å²) in [6, 6.07) is 0. The van der Waals surface area contributed by atoms with Crippen LogP contribution in [0.4, 0.5) is 0 Å². The lowest BCUT2D eigenvalue weighted by atomic mass is 9.88. The van der Waals surface area contributed by atoms with Crippen LogP contribution in [0.15, 0.2) is 17.1 Å². The van der Waals surface area contributed by atoms with Crippen molar-refractivity contribution < 1.29 is 0 Å². The molecule has 0 atom stereocenters. The molecule has 0 aliphatic heterocycles. The molecule has 0 aliphatic carbocycles. The highest BCUT2D eigenvalue weighted by molar-refractivity contribution is 5.79. The van der Waals surface area contributed by atoms with Crippen LogP contribution in [-0.4, -0.2) is 12.3 Å². The van der Waals surface area contributed by atoms with Crippen molar-refractivity contribution in [3.05, 3.63) is 12.2 Å². The second-order valence-corrected chi connectivity index (χ2v) is 4.12. The van der Waals surface area contributed by atoms with Crippen LogP contribution in [0, 0.1) is 5.41 Å². The van der Waals surface area contributed by atoms with Gasteiger partial charge in [-0.05, 0) is 19.3 Å². The summed E-state index contributed by atoms with van der Waals surface area (Å²) >= 11 is 0. The van der Waals surface area contributed by atoms with Crippen LogP contribution < -0.4 is 0 Å². The summed E-state index contributed by atoms with van der Waals surface area (Å²) in [5, 5.41) is 0. The first-order valence-electron chi connectivity index (χ1n) is 4.00. The summed E-state index contributed by atoms with van der Waals surface area (Å²) in [6.07, 6.45) is 0. The summed E-state index contributed by atoms with van der Waals surface area (Å²) in [6.45, 7) is 15.3. The van der Waals surface area contributed by atoms with Gasteiger partial charge in [-0.1, -0.05) is 32.9 Å². The highest BCUT2D eigenvalue weighted by Crippen LogP contribution is 2.23. The third-order valence-electron chi connectivity index (χ3n) is 1.65. The number of nitrogens with zero attached hydrogens (tertiary/aromatic N) is 1. The van der Waals surface area contributed by atoms with E-state index in [2.05, 4.69) is 32.3 Å². The third-order valence-corrected chi connectivity index (χ3v) is 1.65. The van der Waals surface area contributed by atoms with Crippen LogP contribution in [0.3, 0.4) is 0 Å². The summed E-state index contributed by atoms with van der Waals surface area (Å²) < 4.78 is 0. The van der Waals surface area contributed by atoms with Gasteiger partial charge in [-0.15, -0.1) is 0 Å². The highest BCUT2D eigenvalue weighted by atomic mass is 14.7. The Morgan fingerprint density at radius 2 is 1.73 bits per heavy atom. The molecule has 0 aromatic carbocycles. The fraction of sp³-hybridized carbons (Fsp3) is 0.700. The lowest BCUT2D eigenvalue weighted by molar-refractivity contribution is 0.497. The molecule has 0 saturated carbocycles. The minimum absolute atomic E-state index is 0.193. The van der Waals surface area contributed by atoms with Gasteiger partial charge in [0.15, 0.2) is 0 Å². The number of aliphatic imine (C=N–C) groups is 1. The van der Waals surface area contributed by atoms with Crippen LogP contribution in [0.2, 0.25) is 0 Å². The third kappa shape index (κ3) is 4.77. The van der Waals surface area contributed by atoms with Gasteiger partial charge in [0.05, 0.1) is 6.54 Å². The van der Waals surface area contributed by atoms with Crippen molar-refractivity contribution in [2.75, 3.05) is 6.54 Å². The summed E-state index contributed by atoms with van der Waals surface area (Å²) in [5.41, 5.74) is 2.51. The molecular weight excluding hydrogens is 134 g/mol. The molecule has 0 radical (unpaired) electrons. The van der Waals surface area contributed by atoms with E-state index in [1.54, 1.807) is 0 Å². The maximum Gasteiger partial charge on any atom is 0.0601 e. The molecule has 1 heteroatoms. The molecule has 1 nitrogen and oxygen atoms in total. The van der Waals surface area contributed by atoms with Crippen LogP contribution in [-0.2, 0) is 0 Å². The highest BCUT2D eigenvalue weighted by Gasteiger charge is 2.13. The van der Waals surface area contributed by atoms with Gasteiger partial charge in [0.2, 0.25) is 0 Å². The number of hydrogen-bond donors (Lipinski definition) is 0. The summed E-state index contributed by atoms with van der Waals surface area (Å²) in [5.74, 6) is 0. The molecule has 0 rings (SSSR count). The van der Waals surface area contributed by atoms with Crippen molar-refractivity contribution in [2.45, 2.75) is 34.6 Å². The average molecular weight is 153 g/mol. The van der Waals surface area contributed by atoms with Gasteiger partial charge >= 0.3 is 0 Å². The topological polar surface area (TPSA) is 12.4 Å². The zero-order valence-corrected chi connectivity index (χ0v) is 8.36. The van der Waals surface area contributed by atoms with Crippen molar-refractivity contribution >= 4 is 5.71 Å². The summed E-state index contributed by atoms with van der Waals surface area (Å²) in [4.78, 5) is 4.31. The van der Waals surface area contributed by atoms with Gasteiger partial charge in [0.1, 0.15) is 0 Å². The Bertz CT molecular complexity index is 166. The Kier molecular flexibility index (Phi) is 3.50. The fourth-order valence-electron chi connectivity index (χ4n) is 0.491. The van der Waals surface area contributed by atoms with E-state index in [-0.39, 0.29) is 5.41 Å². The largest absolute Gasteiger partial charge is 0.290 e. The summed E-state index contributed by atoms with van der Waals surface area (Å²) in [7, 11) is 0. The molecule has 0 spiro atoms. The van der Waals surface area contributed by atoms with Gasteiger partial charge in [-0.2, -0.15) is 0 Å². The minimum atomic E-state index is 0.193. The van der Waals surface area contributed by atoms with Crippen molar-refractivity contribution in [3.8, 4) is 0 Å². The van der Waals surface area contributed by atoms with Crippen LogP contribution in [0.1, 0.15) is 34.6 Å². The Balaban J connectivity index is 4.01. The molecule has 0 bridgehead atoms. The predicted octanol–water partition coefficient (Wildman–Crippen LogP) is 3.07. The molecule has 0 amide bonds. The quantitative estimate of drug-likeness (QED) is 0.427. The molecule has 64 valence electrons. The number of hydrogen-bond acceptors (Lipinski definition) is 1. The van der Waals surface area contributed by atoms with E-state index in [0.717, 1.165) is 12.3 Å². The van der Waals surface area contributed by atoms with Crippen molar-refractivity contribution in [3.63, 3.8) is 0 Å². The van der Waals surface area contributed by atoms with Gasteiger partial charge in [-0.25, -0.2) is 0 Å². The van der Waals surface area contributed by atoms with Crippen molar-refractivity contribution in [2.24, 2.45) is 10.4 Å². The molecule has 0 aromatic rings. The van der Waals surface area contributed by atoms with E-state index in [1.165, 1.54) is 5.57 Å². The molecular formula is C10H19N. The first-order chi connectivity index (χ1) is 4.84. The maximum atomic E-state index is 4.31. The molecule has 0 N–H and O–H groups in total. The van der Waals surface area contributed by atoms with E-state index >= 15 is 0 Å². The Morgan fingerprint density at radius 3 is 2.00 bits per heavy atom. The Morgan fingerprint density at radius 1 is 1.27 bits per heavy atom. The standard InChI is InChI=1S/C10H19N/c1-8(2)11-7-9(3)10(4,5)6/h3,7H2,1-2,4-6H3. The van der Waals surface area contributed by atoms with E-state index in [9.17, 15) is 0 Å². The Hall–Kier alpha value is -0.590. The zero-order chi connectivity index (χ0) is 9.07. The molecule has 11 heavy (non-hydrogen) atoms. The fourth-order valence-corrected chi connectivity index (χ4v) is 0.491. The van der Waals surface area contributed by atoms with E-state index in [1.807, 2.05) is 13.8 Å². The SMILES string of the molecule is C=C(CN=C(C)C)C(C)(C)C. The van der Waals surface area contributed by atoms with Crippen LogP contribution in [0.25, 0.3) is 0 Å². The second kappa shape index (κ2) is 3.70. The van der Waals surface area contributed by atoms with Crippen molar-refractivity contribution in [1.82, 2.24) is 0 Å². The van der Waals surface area contributed by atoms with Crippen LogP contribution in [0.5, 0.6) is 0 Å². The molecule has 0 saturated heterocycles. The maximum absolute atomic E-state index is 4.31. The van der Waals surface area contributed by atoms with E-state index < -0.39 is 0 Å². The van der Waals surface area contributed by atoms with E-state index in [0.29, 0.717) is 0 Å². The second-order valence-electron chi connectivity index (χ2n) is 4.12. The van der Waals surface area contributed by atoms with Gasteiger partial charge < -0.3 is 0 Å². The minimum Gasteiger partial charge on any atom is -0.290 e. The normalized spacial score (nSPS) is 11.0. The average Bonchev–Trinajstić information content (AvgIpc) is 1.80.